The molecule has 2 unspecified atom stereocenters. The summed E-state index contributed by atoms with van der Waals surface area (Å²) in [4.78, 5) is 11.6. The van der Waals surface area contributed by atoms with Gasteiger partial charge in [-0.1, -0.05) is 12.1 Å². The second-order valence-corrected chi connectivity index (χ2v) is 6.15. The number of nitrogens with zero attached hydrogens (tertiary/aromatic N) is 3. The zero-order chi connectivity index (χ0) is 16.7. The van der Waals surface area contributed by atoms with Crippen LogP contribution in [0.25, 0.3) is 0 Å². The lowest BCUT2D eigenvalue weighted by Crippen LogP contribution is -2.36. The summed E-state index contributed by atoms with van der Waals surface area (Å²) in [6.07, 6.45) is 5.85. The average molecular weight is 312 g/mol. The molecule has 2 atom stereocenters. The molecule has 23 heavy (non-hydrogen) atoms. The molecule has 2 heterocycles. The maximum atomic E-state index is 5.70. The summed E-state index contributed by atoms with van der Waals surface area (Å²) in [5.74, 6) is 0. The predicted octanol–water partition coefficient (Wildman–Crippen LogP) is 3.48. The van der Waals surface area contributed by atoms with E-state index in [1.807, 2.05) is 30.6 Å². The Hall–Kier alpha value is -1.78. The number of aryl methyl sites for hydroxylation is 1. The molecular weight excluding hydrogens is 284 g/mol. The van der Waals surface area contributed by atoms with Crippen molar-refractivity contribution < 1.29 is 0 Å². The third-order valence-electron chi connectivity index (χ3n) is 4.46. The third-order valence-corrected chi connectivity index (χ3v) is 4.46. The van der Waals surface area contributed by atoms with Crippen LogP contribution in [0.2, 0.25) is 0 Å². The van der Waals surface area contributed by atoms with Gasteiger partial charge in [0.05, 0.1) is 11.4 Å². The lowest BCUT2D eigenvalue weighted by molar-refractivity contribution is 0.131. The summed E-state index contributed by atoms with van der Waals surface area (Å²) in [6.45, 7) is 8.18. The second kappa shape index (κ2) is 8.75. The molecule has 2 rings (SSSR count). The van der Waals surface area contributed by atoms with Gasteiger partial charge in [0.2, 0.25) is 0 Å². The van der Waals surface area contributed by atoms with Gasteiger partial charge in [0.25, 0.3) is 0 Å². The van der Waals surface area contributed by atoms with E-state index in [-0.39, 0.29) is 6.04 Å². The molecule has 4 nitrogen and oxygen atoms in total. The van der Waals surface area contributed by atoms with Gasteiger partial charge in [0.1, 0.15) is 0 Å². The fourth-order valence-corrected chi connectivity index (χ4v) is 2.90. The van der Waals surface area contributed by atoms with Crippen molar-refractivity contribution in [1.82, 2.24) is 14.9 Å². The average Bonchev–Trinajstić information content (AvgIpc) is 2.59. The van der Waals surface area contributed by atoms with E-state index >= 15 is 0 Å². The van der Waals surface area contributed by atoms with E-state index in [4.69, 9.17) is 5.73 Å². The molecule has 0 aromatic carbocycles. The molecule has 0 saturated carbocycles. The second-order valence-electron chi connectivity index (χ2n) is 6.15. The van der Waals surface area contributed by atoms with Crippen LogP contribution in [0.1, 0.15) is 49.7 Å². The van der Waals surface area contributed by atoms with Crippen molar-refractivity contribution in [3.05, 3.63) is 59.7 Å². The number of pyridine rings is 2. The molecule has 2 N–H and O–H groups in total. The number of rotatable bonds is 8. The zero-order valence-corrected chi connectivity index (χ0v) is 14.4. The van der Waals surface area contributed by atoms with Crippen molar-refractivity contribution in [2.75, 3.05) is 6.54 Å². The molecular formula is C19H28N4. The van der Waals surface area contributed by atoms with Gasteiger partial charge in [-0.3, -0.25) is 14.9 Å². The minimum Gasteiger partial charge on any atom is -0.330 e. The highest BCUT2D eigenvalue weighted by atomic mass is 15.2. The predicted molar refractivity (Wildman–Crippen MR) is 94.9 cm³/mol. The van der Waals surface area contributed by atoms with Gasteiger partial charge in [-0.05, 0) is 63.9 Å². The van der Waals surface area contributed by atoms with Crippen LogP contribution in [0.5, 0.6) is 0 Å². The van der Waals surface area contributed by atoms with Crippen LogP contribution in [-0.2, 0) is 6.54 Å². The molecule has 0 amide bonds. The molecule has 4 heteroatoms. The Kier molecular flexibility index (Phi) is 6.68. The van der Waals surface area contributed by atoms with Gasteiger partial charge < -0.3 is 5.73 Å². The van der Waals surface area contributed by atoms with E-state index in [0.29, 0.717) is 6.04 Å². The van der Waals surface area contributed by atoms with Crippen LogP contribution < -0.4 is 5.73 Å². The minimum absolute atomic E-state index is 0.241. The molecule has 0 saturated heterocycles. The molecule has 0 aliphatic rings. The van der Waals surface area contributed by atoms with Crippen LogP contribution in [-0.4, -0.2) is 27.5 Å². The van der Waals surface area contributed by atoms with Crippen molar-refractivity contribution in [1.29, 1.82) is 0 Å². The SMILES string of the molecule is Cc1cccnc1CN(C(C)CCCN)C(C)c1ccccn1. The molecule has 2 aromatic heterocycles. The Bertz CT molecular complexity index is 585. The van der Waals surface area contributed by atoms with Crippen molar-refractivity contribution in [3.63, 3.8) is 0 Å². The number of aromatic nitrogens is 2. The number of hydrogen-bond acceptors (Lipinski definition) is 4. The normalized spacial score (nSPS) is 14.0. The van der Waals surface area contributed by atoms with Gasteiger partial charge in [-0.2, -0.15) is 0 Å². The van der Waals surface area contributed by atoms with Crippen LogP contribution >= 0.6 is 0 Å². The lowest BCUT2D eigenvalue weighted by Gasteiger charge is -2.34. The number of hydrogen-bond donors (Lipinski definition) is 1. The van der Waals surface area contributed by atoms with E-state index in [0.717, 1.165) is 37.3 Å². The lowest BCUT2D eigenvalue weighted by atomic mass is 10.0. The largest absolute Gasteiger partial charge is 0.330 e. The van der Waals surface area contributed by atoms with Crippen LogP contribution in [0.15, 0.2) is 42.7 Å². The van der Waals surface area contributed by atoms with Gasteiger partial charge in [-0.25, -0.2) is 0 Å². The smallest absolute Gasteiger partial charge is 0.0573 e. The fraction of sp³-hybridized carbons (Fsp3) is 0.474. The highest BCUT2D eigenvalue weighted by molar-refractivity contribution is 5.18. The van der Waals surface area contributed by atoms with Crippen molar-refractivity contribution in [2.24, 2.45) is 5.73 Å². The molecule has 0 aliphatic carbocycles. The molecule has 0 spiro atoms. The van der Waals surface area contributed by atoms with Crippen LogP contribution in [0.4, 0.5) is 0 Å². The highest BCUT2D eigenvalue weighted by Gasteiger charge is 2.23. The molecule has 124 valence electrons. The highest BCUT2D eigenvalue weighted by Crippen LogP contribution is 2.25. The molecule has 0 bridgehead atoms. The van der Waals surface area contributed by atoms with Gasteiger partial charge in [0.15, 0.2) is 0 Å². The zero-order valence-electron chi connectivity index (χ0n) is 14.4. The standard InChI is InChI=1S/C19H28N4/c1-15-8-7-13-22-19(15)14-23(16(2)9-6-11-20)17(3)18-10-4-5-12-21-18/h4-5,7-8,10,12-13,16-17H,6,9,11,14,20H2,1-3H3. The summed E-state index contributed by atoms with van der Waals surface area (Å²) in [6, 6.07) is 10.9. The first-order valence-corrected chi connectivity index (χ1v) is 8.40. The Morgan fingerprint density at radius 3 is 2.52 bits per heavy atom. The summed E-state index contributed by atoms with van der Waals surface area (Å²) in [5.41, 5.74) is 9.16. The molecule has 0 fully saturated rings. The van der Waals surface area contributed by atoms with Crippen LogP contribution in [0, 0.1) is 6.92 Å². The first-order chi connectivity index (χ1) is 11.1. The van der Waals surface area contributed by atoms with Gasteiger partial charge in [-0.15, -0.1) is 0 Å². The first-order valence-electron chi connectivity index (χ1n) is 8.40. The van der Waals surface area contributed by atoms with E-state index in [2.05, 4.69) is 47.8 Å². The van der Waals surface area contributed by atoms with Gasteiger partial charge >= 0.3 is 0 Å². The minimum atomic E-state index is 0.241. The Labute approximate surface area is 139 Å². The Morgan fingerprint density at radius 1 is 1.09 bits per heavy atom. The van der Waals surface area contributed by atoms with Crippen molar-refractivity contribution in [3.8, 4) is 0 Å². The van der Waals surface area contributed by atoms with E-state index in [9.17, 15) is 0 Å². The number of nitrogens with two attached hydrogens (primary N) is 1. The quantitative estimate of drug-likeness (QED) is 0.811. The van der Waals surface area contributed by atoms with Crippen molar-refractivity contribution >= 4 is 0 Å². The topological polar surface area (TPSA) is 55.0 Å². The Balaban J connectivity index is 2.22. The Morgan fingerprint density at radius 2 is 1.87 bits per heavy atom. The summed E-state index contributed by atoms with van der Waals surface area (Å²) >= 11 is 0. The third kappa shape index (κ3) is 4.85. The maximum Gasteiger partial charge on any atom is 0.0573 e. The fourth-order valence-electron chi connectivity index (χ4n) is 2.90. The summed E-state index contributed by atoms with van der Waals surface area (Å²) in [7, 11) is 0. The summed E-state index contributed by atoms with van der Waals surface area (Å²) < 4.78 is 0. The maximum absolute atomic E-state index is 5.70. The van der Waals surface area contributed by atoms with E-state index in [1.54, 1.807) is 0 Å². The van der Waals surface area contributed by atoms with Crippen molar-refractivity contribution in [2.45, 2.75) is 52.2 Å². The molecule has 0 radical (unpaired) electrons. The molecule has 2 aromatic rings. The van der Waals surface area contributed by atoms with Gasteiger partial charge in [0, 0.05) is 31.0 Å². The molecule has 0 aliphatic heterocycles. The van der Waals surface area contributed by atoms with E-state index in [1.165, 1.54) is 5.56 Å². The monoisotopic (exact) mass is 312 g/mol. The van der Waals surface area contributed by atoms with Crippen LogP contribution in [0.3, 0.4) is 0 Å². The summed E-state index contributed by atoms with van der Waals surface area (Å²) in [5, 5.41) is 0. The first kappa shape index (κ1) is 17.6. The van der Waals surface area contributed by atoms with E-state index < -0.39 is 0 Å².